The van der Waals surface area contributed by atoms with Crippen molar-refractivity contribution in [3.05, 3.63) is 65.2 Å². The van der Waals surface area contributed by atoms with Crippen LogP contribution < -0.4 is 0 Å². The van der Waals surface area contributed by atoms with E-state index in [2.05, 4.69) is 13.8 Å². The normalized spacial score (nSPS) is 25.8. The molecule has 0 N–H and O–H groups in total. The number of sulfonamides is 1. The molecule has 4 rings (SSSR count). The van der Waals surface area contributed by atoms with Gasteiger partial charge in [-0.1, -0.05) is 43.7 Å². The van der Waals surface area contributed by atoms with Gasteiger partial charge in [0, 0.05) is 6.42 Å². The summed E-state index contributed by atoms with van der Waals surface area (Å²) in [6.45, 7) is 7.77. The van der Waals surface area contributed by atoms with Gasteiger partial charge in [-0.15, -0.1) is 0 Å². The Bertz CT molecular complexity index is 1220. The highest BCUT2D eigenvalue weighted by atomic mass is 32.2. The van der Waals surface area contributed by atoms with Gasteiger partial charge in [0.2, 0.25) is 0 Å². The van der Waals surface area contributed by atoms with Gasteiger partial charge in [0.25, 0.3) is 10.0 Å². The minimum Gasteiger partial charge on any atom is -0.442 e. The van der Waals surface area contributed by atoms with Crippen molar-refractivity contribution in [1.82, 2.24) is 4.31 Å². The highest BCUT2D eigenvalue weighted by molar-refractivity contribution is 7.89. The van der Waals surface area contributed by atoms with E-state index in [-0.39, 0.29) is 23.0 Å². The van der Waals surface area contributed by atoms with Crippen LogP contribution in [-0.2, 0) is 26.0 Å². The van der Waals surface area contributed by atoms with Gasteiger partial charge in [0.05, 0.1) is 28.7 Å². The molecule has 0 unspecified atom stereocenters. The van der Waals surface area contributed by atoms with Gasteiger partial charge in [-0.2, -0.15) is 9.57 Å². The maximum atomic E-state index is 13.5. The summed E-state index contributed by atoms with van der Waals surface area (Å²) in [4.78, 5) is 13.4. The summed E-state index contributed by atoms with van der Waals surface area (Å²) in [7, 11) is -4.18. The van der Waals surface area contributed by atoms with E-state index in [1.54, 1.807) is 36.4 Å². The maximum Gasteiger partial charge on any atom is 0.424 e. The van der Waals surface area contributed by atoms with E-state index < -0.39 is 27.8 Å². The minimum atomic E-state index is -4.18. The highest BCUT2D eigenvalue weighted by Crippen LogP contribution is 2.55. The molecule has 7 nitrogen and oxygen atoms in total. The number of nitriles is 1. The Kier molecular flexibility index (Phi) is 6.21. The summed E-state index contributed by atoms with van der Waals surface area (Å²) in [5.41, 5.74) is 0.943. The topological polar surface area (TPSA) is 96.7 Å². The van der Waals surface area contributed by atoms with E-state index in [4.69, 9.17) is 14.7 Å². The van der Waals surface area contributed by atoms with Crippen LogP contribution in [0.3, 0.4) is 0 Å². The molecule has 2 heterocycles. The highest BCUT2D eigenvalue weighted by Gasteiger charge is 2.62. The number of carbonyl (C=O) groups excluding carboxylic acids is 1. The van der Waals surface area contributed by atoms with E-state index in [9.17, 15) is 13.2 Å². The number of carbonyl (C=O) groups is 1. The fraction of sp³-hybridized carbons (Fsp3) is 0.462. The monoisotopic (exact) mass is 482 g/mol. The summed E-state index contributed by atoms with van der Waals surface area (Å²) >= 11 is 0. The SMILES string of the molecule is Cc1ccc(S(=O)(=O)N(Cc2ccc(C#N)cc2)C(=O)O[C@@H]2C[C@]3(C(C)C)CC[C@]2(C)O3)cc1. The van der Waals surface area contributed by atoms with Crippen molar-refractivity contribution in [2.75, 3.05) is 0 Å². The van der Waals surface area contributed by atoms with E-state index >= 15 is 0 Å². The van der Waals surface area contributed by atoms with Crippen molar-refractivity contribution in [2.45, 2.75) is 75.7 Å². The van der Waals surface area contributed by atoms with Crippen LogP contribution in [0, 0.1) is 24.2 Å². The Morgan fingerprint density at radius 3 is 2.38 bits per heavy atom. The Morgan fingerprint density at radius 2 is 1.82 bits per heavy atom. The molecule has 2 saturated heterocycles. The number of aryl methyl sites for hydroxylation is 1. The first-order valence-electron chi connectivity index (χ1n) is 11.5. The lowest BCUT2D eigenvalue weighted by Crippen LogP contribution is -2.44. The standard InChI is InChI=1S/C26H30N2O5S/c1-18(2)26-14-13-25(4,33-26)23(15-26)32-24(29)28(17-21-9-7-20(16-27)8-10-21)34(30,31)22-11-5-19(3)6-12-22/h5-12,18,23H,13-15,17H2,1-4H3/t23-,25+,26+/m1/s1. The molecule has 2 aromatic carbocycles. The quantitative estimate of drug-likeness (QED) is 0.579. The first kappa shape index (κ1) is 24.2. The van der Waals surface area contributed by atoms with Crippen LogP contribution in [-0.4, -0.2) is 36.1 Å². The summed E-state index contributed by atoms with van der Waals surface area (Å²) in [5.74, 6) is 0.254. The van der Waals surface area contributed by atoms with Gasteiger partial charge in [-0.05, 0) is 62.4 Å². The molecule has 2 aliphatic heterocycles. The molecule has 2 aromatic rings. The third-order valence-corrected chi connectivity index (χ3v) is 8.94. The van der Waals surface area contributed by atoms with Crippen LogP contribution in [0.4, 0.5) is 4.79 Å². The second-order valence-electron chi connectivity index (χ2n) is 9.84. The van der Waals surface area contributed by atoms with E-state index in [0.29, 0.717) is 17.5 Å². The number of hydrogen-bond donors (Lipinski definition) is 0. The molecule has 2 aliphatic rings. The van der Waals surface area contributed by atoms with Crippen LogP contribution in [0.15, 0.2) is 53.4 Å². The number of benzene rings is 2. The Hall–Kier alpha value is -2.89. The molecule has 0 radical (unpaired) electrons. The molecule has 0 aliphatic carbocycles. The van der Waals surface area contributed by atoms with Gasteiger partial charge in [0.15, 0.2) is 0 Å². The van der Waals surface area contributed by atoms with Crippen molar-refractivity contribution in [1.29, 1.82) is 5.26 Å². The Morgan fingerprint density at radius 1 is 1.18 bits per heavy atom. The summed E-state index contributed by atoms with van der Waals surface area (Å²) < 4.78 is 40.1. The second kappa shape index (κ2) is 8.71. The van der Waals surface area contributed by atoms with Crippen LogP contribution in [0.2, 0.25) is 0 Å². The number of hydrogen-bond acceptors (Lipinski definition) is 6. The predicted molar refractivity (Wildman–Crippen MR) is 126 cm³/mol. The number of rotatable bonds is 6. The first-order chi connectivity index (χ1) is 16.0. The molecule has 0 spiro atoms. The van der Waals surface area contributed by atoms with E-state index in [0.717, 1.165) is 22.7 Å². The van der Waals surface area contributed by atoms with Crippen LogP contribution in [0.1, 0.15) is 56.7 Å². The Balaban J connectivity index is 1.64. The molecule has 2 bridgehead atoms. The average molecular weight is 483 g/mol. The van der Waals surface area contributed by atoms with Crippen LogP contribution >= 0.6 is 0 Å². The number of fused-ring (bicyclic) bond motifs is 2. The van der Waals surface area contributed by atoms with E-state index in [1.807, 2.05) is 19.9 Å². The lowest BCUT2D eigenvalue weighted by atomic mass is 9.75. The minimum absolute atomic E-state index is 0.0118. The average Bonchev–Trinajstić information content (AvgIpc) is 3.30. The molecule has 34 heavy (non-hydrogen) atoms. The smallest absolute Gasteiger partial charge is 0.424 e. The second-order valence-corrected chi connectivity index (χ2v) is 11.7. The van der Waals surface area contributed by atoms with Crippen molar-refractivity contribution >= 4 is 16.1 Å². The van der Waals surface area contributed by atoms with Crippen molar-refractivity contribution in [3.63, 3.8) is 0 Å². The number of ether oxygens (including phenoxy) is 2. The molecule has 1 amide bonds. The van der Waals surface area contributed by atoms with Crippen molar-refractivity contribution in [3.8, 4) is 6.07 Å². The molecule has 3 atom stereocenters. The molecule has 0 aromatic heterocycles. The maximum absolute atomic E-state index is 13.5. The van der Waals surface area contributed by atoms with Gasteiger partial charge < -0.3 is 9.47 Å². The van der Waals surface area contributed by atoms with Gasteiger partial charge in [0.1, 0.15) is 11.7 Å². The number of amides is 1. The number of nitrogens with zero attached hydrogens (tertiary/aromatic N) is 2. The van der Waals surface area contributed by atoms with Crippen molar-refractivity contribution < 1.29 is 22.7 Å². The zero-order chi connectivity index (χ0) is 24.7. The molecule has 2 fully saturated rings. The predicted octanol–water partition coefficient (Wildman–Crippen LogP) is 4.93. The van der Waals surface area contributed by atoms with Gasteiger partial charge in [-0.25, -0.2) is 13.2 Å². The van der Waals surface area contributed by atoms with Crippen molar-refractivity contribution in [2.24, 2.45) is 5.92 Å². The van der Waals surface area contributed by atoms with E-state index in [1.165, 1.54) is 12.1 Å². The lowest BCUT2D eigenvalue weighted by molar-refractivity contribution is -0.0827. The third kappa shape index (κ3) is 4.30. The fourth-order valence-corrected chi connectivity index (χ4v) is 6.14. The Labute approximate surface area is 201 Å². The summed E-state index contributed by atoms with van der Waals surface area (Å²) in [6.07, 6.45) is 0.733. The zero-order valence-electron chi connectivity index (χ0n) is 19.9. The lowest BCUT2D eigenvalue weighted by Gasteiger charge is -2.32. The summed E-state index contributed by atoms with van der Waals surface area (Å²) in [6, 6.07) is 14.8. The molecule has 180 valence electrons. The summed E-state index contributed by atoms with van der Waals surface area (Å²) in [5, 5.41) is 9.05. The molecule has 0 saturated carbocycles. The fourth-order valence-electron chi connectivity index (χ4n) is 4.85. The van der Waals surface area contributed by atoms with Crippen LogP contribution in [0.25, 0.3) is 0 Å². The zero-order valence-corrected chi connectivity index (χ0v) is 20.8. The van der Waals surface area contributed by atoms with Gasteiger partial charge in [-0.3, -0.25) is 0 Å². The first-order valence-corrected chi connectivity index (χ1v) is 12.9. The molecule has 8 heteroatoms. The van der Waals surface area contributed by atoms with Gasteiger partial charge >= 0.3 is 6.09 Å². The molecular formula is C26H30N2O5S. The molecular weight excluding hydrogens is 452 g/mol. The van der Waals surface area contributed by atoms with Crippen LogP contribution in [0.5, 0.6) is 0 Å². The third-order valence-electron chi connectivity index (χ3n) is 7.21. The largest absolute Gasteiger partial charge is 0.442 e.